The molecule has 158 valence electrons. The van der Waals surface area contributed by atoms with Crippen molar-refractivity contribution in [1.82, 2.24) is 10.3 Å². The standard InChI is InChI=1S/C26H25FN2O2/c1-17-8-13-23(27)25-24(17)22(18(2)29-25)14-15-28-26(30)20-9-11-21(12-10-20)31-16-19-6-4-3-5-7-19/h3-13,29H,14-16H2,1-2H3,(H,28,30). The zero-order chi connectivity index (χ0) is 21.8. The normalized spacial score (nSPS) is 10.9. The van der Waals surface area contributed by atoms with E-state index in [0.29, 0.717) is 36.4 Å². The van der Waals surface area contributed by atoms with Gasteiger partial charge in [0.1, 0.15) is 18.2 Å². The first-order valence-electron chi connectivity index (χ1n) is 10.3. The highest BCUT2D eigenvalue weighted by atomic mass is 19.1. The number of nitrogens with one attached hydrogen (secondary N) is 2. The molecule has 0 spiro atoms. The van der Waals surface area contributed by atoms with Crippen LogP contribution in [0.4, 0.5) is 4.39 Å². The molecule has 0 bridgehead atoms. The smallest absolute Gasteiger partial charge is 0.251 e. The minimum atomic E-state index is -0.256. The second-order valence-electron chi connectivity index (χ2n) is 7.65. The summed E-state index contributed by atoms with van der Waals surface area (Å²) >= 11 is 0. The van der Waals surface area contributed by atoms with Crippen molar-refractivity contribution in [3.05, 3.63) is 100 Å². The summed E-state index contributed by atoms with van der Waals surface area (Å²) < 4.78 is 19.9. The number of carbonyl (C=O) groups excluding carboxylic acids is 1. The molecule has 1 amide bonds. The van der Waals surface area contributed by atoms with Crippen molar-refractivity contribution in [3.8, 4) is 5.75 Å². The fourth-order valence-electron chi connectivity index (χ4n) is 3.80. The third kappa shape index (κ3) is 4.61. The van der Waals surface area contributed by atoms with E-state index in [4.69, 9.17) is 4.74 Å². The summed E-state index contributed by atoms with van der Waals surface area (Å²) in [6, 6.07) is 20.3. The highest BCUT2D eigenvalue weighted by Gasteiger charge is 2.14. The monoisotopic (exact) mass is 416 g/mol. The van der Waals surface area contributed by atoms with Crippen LogP contribution in [-0.4, -0.2) is 17.4 Å². The molecule has 1 aromatic heterocycles. The Morgan fingerprint density at radius 1 is 1.00 bits per heavy atom. The van der Waals surface area contributed by atoms with Gasteiger partial charge in [-0.2, -0.15) is 0 Å². The fourth-order valence-corrected chi connectivity index (χ4v) is 3.80. The summed E-state index contributed by atoms with van der Waals surface area (Å²) in [6.07, 6.45) is 0.625. The Kier molecular flexibility index (Phi) is 6.03. The van der Waals surface area contributed by atoms with Crippen molar-refractivity contribution in [3.63, 3.8) is 0 Å². The number of amides is 1. The van der Waals surface area contributed by atoms with Crippen LogP contribution in [0.3, 0.4) is 0 Å². The van der Waals surface area contributed by atoms with Crippen LogP contribution in [-0.2, 0) is 13.0 Å². The second kappa shape index (κ2) is 9.04. The number of ether oxygens (including phenoxy) is 1. The van der Waals surface area contributed by atoms with Gasteiger partial charge in [-0.25, -0.2) is 4.39 Å². The van der Waals surface area contributed by atoms with Gasteiger partial charge in [0, 0.05) is 23.2 Å². The first-order valence-corrected chi connectivity index (χ1v) is 10.3. The van der Waals surface area contributed by atoms with Crippen molar-refractivity contribution in [1.29, 1.82) is 0 Å². The highest BCUT2D eigenvalue weighted by molar-refractivity contribution is 5.94. The topological polar surface area (TPSA) is 54.1 Å². The molecule has 31 heavy (non-hydrogen) atoms. The van der Waals surface area contributed by atoms with Gasteiger partial charge in [-0.05, 0) is 67.3 Å². The van der Waals surface area contributed by atoms with Gasteiger partial charge in [0.25, 0.3) is 5.91 Å². The highest BCUT2D eigenvalue weighted by Crippen LogP contribution is 2.27. The minimum absolute atomic E-state index is 0.144. The second-order valence-corrected chi connectivity index (χ2v) is 7.65. The lowest BCUT2D eigenvalue weighted by Crippen LogP contribution is -2.25. The van der Waals surface area contributed by atoms with E-state index in [-0.39, 0.29) is 11.7 Å². The fraction of sp³-hybridized carbons (Fsp3) is 0.192. The van der Waals surface area contributed by atoms with E-state index in [9.17, 15) is 9.18 Å². The Bertz CT molecular complexity index is 1200. The summed E-state index contributed by atoms with van der Waals surface area (Å²) in [7, 11) is 0. The van der Waals surface area contributed by atoms with E-state index < -0.39 is 0 Å². The largest absolute Gasteiger partial charge is 0.489 e. The molecular formula is C26H25FN2O2. The molecule has 0 radical (unpaired) electrons. The molecule has 4 nitrogen and oxygen atoms in total. The van der Waals surface area contributed by atoms with Crippen LogP contribution in [0.5, 0.6) is 5.75 Å². The zero-order valence-corrected chi connectivity index (χ0v) is 17.7. The first kappa shape index (κ1) is 20.7. The van der Waals surface area contributed by atoms with Crippen molar-refractivity contribution in [2.75, 3.05) is 6.54 Å². The van der Waals surface area contributed by atoms with Gasteiger partial charge in [0.15, 0.2) is 0 Å². The molecular weight excluding hydrogens is 391 g/mol. The maximum Gasteiger partial charge on any atom is 0.251 e. The maximum atomic E-state index is 14.1. The number of aromatic amines is 1. The number of fused-ring (bicyclic) bond motifs is 1. The van der Waals surface area contributed by atoms with Crippen molar-refractivity contribution >= 4 is 16.8 Å². The molecule has 0 fully saturated rings. The molecule has 4 rings (SSSR count). The number of H-pyrrole nitrogens is 1. The number of benzene rings is 3. The van der Waals surface area contributed by atoms with E-state index in [1.807, 2.05) is 44.2 Å². The molecule has 2 N–H and O–H groups in total. The lowest BCUT2D eigenvalue weighted by molar-refractivity contribution is 0.0954. The summed E-state index contributed by atoms with van der Waals surface area (Å²) in [5.74, 6) is 0.316. The summed E-state index contributed by atoms with van der Waals surface area (Å²) in [4.78, 5) is 15.6. The van der Waals surface area contributed by atoms with Crippen LogP contribution in [0.15, 0.2) is 66.7 Å². The molecule has 0 saturated carbocycles. The Hall–Kier alpha value is -3.60. The SMILES string of the molecule is Cc1[nH]c2c(F)ccc(C)c2c1CCNC(=O)c1ccc(OCc2ccccc2)cc1. The van der Waals surface area contributed by atoms with Gasteiger partial charge >= 0.3 is 0 Å². The van der Waals surface area contributed by atoms with Crippen LogP contribution in [0.2, 0.25) is 0 Å². The predicted molar refractivity (Wildman–Crippen MR) is 121 cm³/mol. The Labute approximate surface area is 181 Å². The Morgan fingerprint density at radius 2 is 1.74 bits per heavy atom. The average molecular weight is 416 g/mol. The number of hydrogen-bond acceptors (Lipinski definition) is 2. The van der Waals surface area contributed by atoms with E-state index in [1.165, 1.54) is 6.07 Å². The lowest BCUT2D eigenvalue weighted by atomic mass is 10.0. The quantitative estimate of drug-likeness (QED) is 0.419. The molecule has 5 heteroatoms. The Morgan fingerprint density at radius 3 is 2.48 bits per heavy atom. The molecule has 3 aromatic carbocycles. The number of rotatable bonds is 7. The van der Waals surface area contributed by atoms with E-state index in [2.05, 4.69) is 10.3 Å². The van der Waals surface area contributed by atoms with Gasteiger partial charge in [-0.1, -0.05) is 36.4 Å². The van der Waals surface area contributed by atoms with Crippen molar-refractivity contribution in [2.45, 2.75) is 26.9 Å². The van der Waals surface area contributed by atoms with Gasteiger partial charge in [0.05, 0.1) is 5.52 Å². The number of carbonyl (C=O) groups is 1. The van der Waals surface area contributed by atoms with Crippen LogP contribution < -0.4 is 10.1 Å². The minimum Gasteiger partial charge on any atom is -0.489 e. The van der Waals surface area contributed by atoms with E-state index in [1.54, 1.807) is 30.3 Å². The lowest BCUT2D eigenvalue weighted by Gasteiger charge is -2.09. The van der Waals surface area contributed by atoms with Crippen LogP contribution in [0, 0.1) is 19.7 Å². The van der Waals surface area contributed by atoms with E-state index >= 15 is 0 Å². The van der Waals surface area contributed by atoms with Crippen LogP contribution in [0.1, 0.15) is 32.7 Å². The number of aromatic nitrogens is 1. The molecule has 0 aliphatic rings. The first-order chi connectivity index (χ1) is 15.0. The van der Waals surface area contributed by atoms with Gasteiger partial charge in [0.2, 0.25) is 0 Å². The molecule has 0 aliphatic carbocycles. The maximum absolute atomic E-state index is 14.1. The van der Waals surface area contributed by atoms with E-state index in [0.717, 1.165) is 27.8 Å². The number of hydrogen-bond donors (Lipinski definition) is 2. The van der Waals surface area contributed by atoms with Crippen molar-refractivity contribution < 1.29 is 13.9 Å². The number of halogens is 1. The summed E-state index contributed by atoms with van der Waals surface area (Å²) in [6.45, 7) is 4.86. The third-order valence-electron chi connectivity index (χ3n) is 5.46. The van der Waals surface area contributed by atoms with Crippen LogP contribution in [0.25, 0.3) is 10.9 Å². The summed E-state index contributed by atoms with van der Waals surface area (Å²) in [5, 5.41) is 3.86. The predicted octanol–water partition coefficient (Wildman–Crippen LogP) is 5.48. The van der Waals surface area contributed by atoms with Crippen LogP contribution >= 0.6 is 0 Å². The zero-order valence-electron chi connectivity index (χ0n) is 17.7. The Balaban J connectivity index is 1.35. The molecule has 1 heterocycles. The molecule has 0 atom stereocenters. The van der Waals surface area contributed by atoms with Gasteiger partial charge in [-0.3, -0.25) is 4.79 Å². The van der Waals surface area contributed by atoms with Gasteiger partial charge in [-0.15, -0.1) is 0 Å². The molecule has 0 saturated heterocycles. The molecule has 4 aromatic rings. The third-order valence-corrected chi connectivity index (χ3v) is 5.46. The number of aryl methyl sites for hydroxylation is 2. The summed E-state index contributed by atoms with van der Waals surface area (Å²) in [5.41, 5.74) is 5.18. The van der Waals surface area contributed by atoms with Gasteiger partial charge < -0.3 is 15.0 Å². The molecule has 0 unspecified atom stereocenters. The van der Waals surface area contributed by atoms with Crippen molar-refractivity contribution in [2.24, 2.45) is 0 Å². The average Bonchev–Trinajstić information content (AvgIpc) is 3.13. The molecule has 0 aliphatic heterocycles.